The van der Waals surface area contributed by atoms with E-state index in [4.69, 9.17) is 21.3 Å². The standard InChI is InChI=1S/C36H57ClF2N2O5/c1-29(2)28-23(45-26(43)20-40-14-16-41(37)17-15-40)18-24-32(6)19-22(42)27(33(7)9-8-25(46-33)30(3,4)44)31(32,5)10-11-34(24)21-35(28,34)12-13-36(29,38)39/h22-25,27-28,42,44H,8-21H2,1-7H3/t22-,23-,24-,25-,27-,28-,31+,32-,33-,34-,35+/m0/s1. The average Bonchev–Trinajstić information content (AvgIpc) is 3.31. The first kappa shape index (κ1) is 33.9. The van der Waals surface area contributed by atoms with E-state index < -0.39 is 40.7 Å². The van der Waals surface area contributed by atoms with Gasteiger partial charge < -0.3 is 19.7 Å². The van der Waals surface area contributed by atoms with Gasteiger partial charge in [0, 0.05) is 49.9 Å². The van der Waals surface area contributed by atoms with Crippen LogP contribution in [0.4, 0.5) is 8.78 Å². The molecule has 2 saturated heterocycles. The number of esters is 1. The van der Waals surface area contributed by atoms with Crippen LogP contribution >= 0.6 is 11.8 Å². The molecule has 0 radical (unpaired) electrons. The average molecular weight is 671 g/mol. The molecule has 11 atom stereocenters. The third kappa shape index (κ3) is 4.46. The Labute approximate surface area is 279 Å². The lowest BCUT2D eigenvalue weighted by atomic mass is 9.41. The molecule has 0 aromatic rings. The van der Waals surface area contributed by atoms with Crippen molar-refractivity contribution in [3.8, 4) is 0 Å². The van der Waals surface area contributed by atoms with Crippen LogP contribution in [0.1, 0.15) is 106 Å². The highest BCUT2D eigenvalue weighted by molar-refractivity contribution is 6.13. The molecule has 2 spiro atoms. The fraction of sp³-hybridized carbons (Fsp3) is 0.972. The zero-order valence-electron chi connectivity index (χ0n) is 29.0. The first-order chi connectivity index (χ1) is 21.2. The van der Waals surface area contributed by atoms with Crippen LogP contribution in [-0.2, 0) is 14.3 Å². The van der Waals surface area contributed by atoms with Crippen molar-refractivity contribution in [1.29, 1.82) is 0 Å². The van der Waals surface area contributed by atoms with E-state index >= 15 is 8.78 Å². The van der Waals surface area contributed by atoms with Crippen LogP contribution in [0.25, 0.3) is 0 Å². The Kier molecular flexibility index (Phi) is 7.55. The van der Waals surface area contributed by atoms with Gasteiger partial charge in [0.1, 0.15) is 6.10 Å². The Balaban J connectivity index is 1.22. The minimum absolute atomic E-state index is 0.0824. The van der Waals surface area contributed by atoms with Crippen molar-refractivity contribution in [2.45, 2.75) is 142 Å². The Bertz CT molecular complexity index is 1260. The Morgan fingerprint density at radius 2 is 1.61 bits per heavy atom. The van der Waals surface area contributed by atoms with E-state index in [1.165, 1.54) is 0 Å². The molecule has 2 N–H and O–H groups in total. The summed E-state index contributed by atoms with van der Waals surface area (Å²) in [7, 11) is 0. The van der Waals surface area contributed by atoms with Gasteiger partial charge in [0.15, 0.2) is 0 Å². The van der Waals surface area contributed by atoms with E-state index in [1.807, 2.05) is 4.90 Å². The predicted molar refractivity (Wildman–Crippen MR) is 171 cm³/mol. The molecule has 7 nitrogen and oxygen atoms in total. The molecule has 5 saturated carbocycles. The second kappa shape index (κ2) is 10.2. The van der Waals surface area contributed by atoms with Crippen molar-refractivity contribution in [2.75, 3.05) is 32.7 Å². The maximum Gasteiger partial charge on any atom is 0.320 e. The van der Waals surface area contributed by atoms with E-state index in [0.29, 0.717) is 45.4 Å². The third-order valence-corrected chi connectivity index (χ3v) is 16.1. The molecule has 0 amide bonds. The first-order valence-electron chi connectivity index (χ1n) is 17.9. The molecule has 0 aromatic carbocycles. The molecule has 5 aliphatic carbocycles. The van der Waals surface area contributed by atoms with Gasteiger partial charge in [-0.05, 0) is 111 Å². The number of halogens is 3. The zero-order valence-corrected chi connectivity index (χ0v) is 29.8. The Morgan fingerprint density at radius 3 is 2.24 bits per heavy atom. The van der Waals surface area contributed by atoms with Crippen LogP contribution in [0.2, 0.25) is 0 Å². The van der Waals surface area contributed by atoms with E-state index in [0.717, 1.165) is 32.1 Å². The molecule has 46 heavy (non-hydrogen) atoms. The monoisotopic (exact) mass is 670 g/mol. The highest BCUT2D eigenvalue weighted by Crippen LogP contribution is 2.90. The first-order valence-corrected chi connectivity index (χ1v) is 18.3. The molecule has 2 heterocycles. The normalized spacial score (nSPS) is 51.5. The van der Waals surface area contributed by atoms with Crippen LogP contribution in [0.3, 0.4) is 0 Å². The number of aliphatic hydroxyl groups excluding tert-OH is 1. The van der Waals surface area contributed by atoms with Gasteiger partial charge >= 0.3 is 5.97 Å². The number of fused-ring (bicyclic) bond motifs is 2. The lowest BCUT2D eigenvalue weighted by Gasteiger charge is -2.65. The summed E-state index contributed by atoms with van der Waals surface area (Å²) in [5, 5.41) is 22.8. The van der Waals surface area contributed by atoms with Crippen molar-refractivity contribution in [3.63, 3.8) is 0 Å². The highest BCUT2D eigenvalue weighted by atomic mass is 35.5. The number of carbonyl (C=O) groups is 1. The van der Waals surface area contributed by atoms with Gasteiger partial charge in [-0.2, -0.15) is 0 Å². The quantitative estimate of drug-likeness (QED) is 0.273. The van der Waals surface area contributed by atoms with Crippen LogP contribution in [-0.4, -0.2) is 93.7 Å². The number of hydrogen-bond donors (Lipinski definition) is 2. The van der Waals surface area contributed by atoms with Gasteiger partial charge in [-0.25, -0.2) is 13.2 Å². The van der Waals surface area contributed by atoms with Crippen LogP contribution in [0, 0.1) is 44.8 Å². The summed E-state index contributed by atoms with van der Waals surface area (Å²) in [5.41, 5.74) is -3.75. The topological polar surface area (TPSA) is 82.5 Å². The summed E-state index contributed by atoms with van der Waals surface area (Å²) in [6.45, 7) is 16.6. The summed E-state index contributed by atoms with van der Waals surface area (Å²) >= 11 is 6.14. The van der Waals surface area contributed by atoms with Crippen molar-refractivity contribution < 1.29 is 33.3 Å². The summed E-state index contributed by atoms with van der Waals surface area (Å²) in [6, 6.07) is 0. The molecular formula is C36H57ClF2N2O5. The fourth-order valence-electron chi connectivity index (χ4n) is 13.4. The maximum absolute atomic E-state index is 15.8. The lowest BCUT2D eigenvalue weighted by Crippen LogP contribution is -2.64. The van der Waals surface area contributed by atoms with Crippen LogP contribution in [0.15, 0.2) is 0 Å². The largest absolute Gasteiger partial charge is 0.461 e. The number of hydrogen-bond acceptors (Lipinski definition) is 7. The van der Waals surface area contributed by atoms with Crippen molar-refractivity contribution in [3.05, 3.63) is 0 Å². The molecular weight excluding hydrogens is 614 g/mol. The van der Waals surface area contributed by atoms with E-state index in [9.17, 15) is 15.0 Å². The van der Waals surface area contributed by atoms with E-state index in [1.54, 1.807) is 32.1 Å². The van der Waals surface area contributed by atoms with Crippen molar-refractivity contribution in [1.82, 2.24) is 9.32 Å². The second-order valence-corrected chi connectivity index (χ2v) is 19.1. The Hall–Kier alpha value is -0.580. The van der Waals surface area contributed by atoms with Gasteiger partial charge in [-0.3, -0.25) is 9.69 Å². The molecule has 0 unspecified atom stereocenters. The zero-order chi connectivity index (χ0) is 33.5. The molecule has 7 aliphatic rings. The van der Waals surface area contributed by atoms with E-state index in [-0.39, 0.29) is 58.5 Å². The molecule has 7 fully saturated rings. The smallest absolute Gasteiger partial charge is 0.320 e. The van der Waals surface area contributed by atoms with Gasteiger partial charge in [-0.15, -0.1) is 0 Å². The van der Waals surface area contributed by atoms with Gasteiger partial charge in [0.05, 0.1) is 30.0 Å². The molecule has 262 valence electrons. The highest BCUT2D eigenvalue weighted by Gasteiger charge is 2.86. The van der Waals surface area contributed by atoms with Gasteiger partial charge in [-0.1, -0.05) is 27.7 Å². The number of carbonyl (C=O) groups excluding carboxylic acids is 1. The van der Waals surface area contributed by atoms with Gasteiger partial charge in [0.25, 0.3) is 5.92 Å². The number of aliphatic hydroxyl groups is 2. The minimum Gasteiger partial charge on any atom is -0.461 e. The molecule has 0 bridgehead atoms. The maximum atomic E-state index is 15.8. The summed E-state index contributed by atoms with van der Waals surface area (Å²) in [6.07, 6.45) is 4.33. The van der Waals surface area contributed by atoms with E-state index in [2.05, 4.69) is 20.8 Å². The van der Waals surface area contributed by atoms with Crippen molar-refractivity contribution >= 4 is 17.7 Å². The molecule has 10 heteroatoms. The molecule has 2 aliphatic heterocycles. The number of piperazine rings is 1. The fourth-order valence-corrected chi connectivity index (χ4v) is 13.6. The van der Waals surface area contributed by atoms with Crippen LogP contribution in [0.5, 0.6) is 0 Å². The number of ether oxygens (including phenoxy) is 2. The molecule has 7 rings (SSSR count). The number of alkyl halides is 2. The summed E-state index contributed by atoms with van der Waals surface area (Å²) in [5.74, 6) is -3.56. The Morgan fingerprint density at radius 1 is 0.957 bits per heavy atom. The van der Waals surface area contributed by atoms with Gasteiger partial charge in [0.2, 0.25) is 0 Å². The van der Waals surface area contributed by atoms with Crippen LogP contribution < -0.4 is 0 Å². The predicted octanol–water partition coefficient (Wildman–Crippen LogP) is 6.03. The minimum atomic E-state index is -2.84. The SMILES string of the molecule is CC(C)(O)[C@@H]1CC[C@@](C)([C@H]2[C@@H](O)C[C@@]3(C)[C@@H]4C[C@H](OC(=O)CN5CCN(Cl)CC5)[C@H]5C(C)(C)C(F)(F)CC[C@@]56C[C@@]46CC[C@]23C)O1. The lowest BCUT2D eigenvalue weighted by molar-refractivity contribution is -0.252. The summed E-state index contributed by atoms with van der Waals surface area (Å²) in [4.78, 5) is 15.7. The summed E-state index contributed by atoms with van der Waals surface area (Å²) < 4.78 is 46.5. The van der Waals surface area contributed by atoms with Crippen molar-refractivity contribution in [2.24, 2.45) is 44.8 Å². The second-order valence-electron chi connectivity index (χ2n) is 18.6. The molecule has 0 aromatic heterocycles. The third-order valence-electron chi connectivity index (χ3n) is 15.8. The number of rotatable bonds is 5. The number of nitrogens with zero attached hydrogens (tertiary/aromatic N) is 2.